The molecule has 1 aliphatic rings. The van der Waals surface area contributed by atoms with Gasteiger partial charge in [-0.25, -0.2) is 4.79 Å². The Morgan fingerprint density at radius 1 is 1.60 bits per heavy atom. The molecule has 2 atom stereocenters. The Hall–Kier alpha value is -0.150. The number of carbonyl (C=O) groups is 1. The molecule has 0 radical (unpaired) electrons. The first-order valence-corrected chi connectivity index (χ1v) is 7.89. The fourth-order valence-electron chi connectivity index (χ4n) is 1.91. The van der Waals surface area contributed by atoms with Crippen LogP contribution in [0.15, 0.2) is 22.3 Å². The van der Waals surface area contributed by atoms with Crippen molar-refractivity contribution in [1.29, 1.82) is 0 Å². The quantitative estimate of drug-likeness (QED) is 0.504. The third kappa shape index (κ3) is 5.33. The molecule has 114 valence electrons. The van der Waals surface area contributed by atoms with Crippen LogP contribution < -0.4 is 11.1 Å². The maximum absolute atomic E-state index is 12.6. The van der Waals surface area contributed by atoms with Gasteiger partial charge in [0.1, 0.15) is 0 Å². The lowest BCUT2D eigenvalue weighted by Gasteiger charge is -2.27. The first-order chi connectivity index (χ1) is 9.14. The number of nitrogens with two attached hydrogens (primary N) is 1. The van der Waals surface area contributed by atoms with Crippen molar-refractivity contribution in [3.63, 3.8) is 0 Å². The minimum atomic E-state index is -4.35. The summed E-state index contributed by atoms with van der Waals surface area (Å²) in [7, 11) is 0. The number of alkyl halides is 5. The Balaban J connectivity index is 3.15. The molecule has 0 fully saturated rings. The summed E-state index contributed by atoms with van der Waals surface area (Å²) in [5, 5.41) is 1.99. The van der Waals surface area contributed by atoms with Crippen molar-refractivity contribution in [1.82, 2.24) is 5.32 Å². The van der Waals surface area contributed by atoms with E-state index in [0.29, 0.717) is 10.0 Å². The van der Waals surface area contributed by atoms with E-state index in [1.807, 2.05) is 22.6 Å². The molecule has 1 rings (SSSR count). The van der Waals surface area contributed by atoms with Crippen molar-refractivity contribution in [2.45, 2.75) is 30.4 Å². The summed E-state index contributed by atoms with van der Waals surface area (Å²) in [6, 6.07) is -1.42. The summed E-state index contributed by atoms with van der Waals surface area (Å²) >= 11 is 13.8. The van der Waals surface area contributed by atoms with E-state index in [9.17, 15) is 18.0 Å². The van der Waals surface area contributed by atoms with Gasteiger partial charge >= 0.3 is 12.2 Å². The number of nitrogens with one attached hydrogen (secondary N) is 1. The average molecular weight is 443 g/mol. The Morgan fingerprint density at radius 2 is 2.20 bits per heavy atom. The summed E-state index contributed by atoms with van der Waals surface area (Å²) in [6.45, 7) is 0. The summed E-state index contributed by atoms with van der Waals surface area (Å²) in [5.41, 5.74) is 5.49. The molecule has 20 heavy (non-hydrogen) atoms. The summed E-state index contributed by atoms with van der Waals surface area (Å²) in [6.07, 6.45) is -4.04. The van der Waals surface area contributed by atoms with E-state index in [4.69, 9.17) is 28.9 Å². The van der Waals surface area contributed by atoms with Crippen molar-refractivity contribution < 1.29 is 18.0 Å². The average Bonchev–Trinajstić information content (AvgIpc) is 2.28. The number of rotatable bonds is 4. The number of urea groups is 1. The molecule has 0 saturated heterocycles. The van der Waals surface area contributed by atoms with Crippen molar-refractivity contribution in [2.24, 2.45) is 5.73 Å². The van der Waals surface area contributed by atoms with Crippen LogP contribution in [-0.4, -0.2) is 28.1 Å². The molecule has 0 spiro atoms. The minimum Gasteiger partial charge on any atom is -0.352 e. The Bertz CT molecular complexity index is 451. The van der Waals surface area contributed by atoms with Gasteiger partial charge < -0.3 is 11.1 Å². The van der Waals surface area contributed by atoms with Crippen molar-refractivity contribution in [2.75, 3.05) is 4.43 Å². The first-order valence-electron chi connectivity index (χ1n) is 5.55. The van der Waals surface area contributed by atoms with Crippen LogP contribution in [0.1, 0.15) is 12.8 Å². The lowest BCUT2D eigenvalue weighted by molar-refractivity contribution is -0.127. The number of amides is 2. The molecule has 0 aromatic rings. The van der Waals surface area contributed by atoms with Gasteiger partial charge in [0.25, 0.3) is 0 Å². The predicted molar refractivity (Wildman–Crippen MR) is 81.3 cm³/mol. The lowest BCUT2D eigenvalue weighted by Crippen LogP contribution is -2.41. The number of allylic oxidation sites excluding steroid dienone is 2. The standard InChI is InChI=1S/C11H12Cl2F3IN2O/c12-7-1-5(3-11(14,15)16)6(2-8(7)13)9(4-17)19-10(18)20/h2,7,9H,1,3-4H2,(H3,18,19,20). The number of primary amides is 1. The number of halogens is 6. The van der Waals surface area contributed by atoms with E-state index in [2.05, 4.69) is 5.32 Å². The normalized spacial score (nSPS) is 21.5. The third-order valence-corrected chi connectivity index (χ3v) is 4.44. The van der Waals surface area contributed by atoms with Gasteiger partial charge in [-0.05, 0) is 18.1 Å². The van der Waals surface area contributed by atoms with Gasteiger partial charge in [0.2, 0.25) is 0 Å². The molecule has 2 amide bonds. The third-order valence-electron chi connectivity index (χ3n) is 2.69. The van der Waals surface area contributed by atoms with Crippen LogP contribution >= 0.6 is 45.8 Å². The van der Waals surface area contributed by atoms with E-state index in [-0.39, 0.29) is 17.0 Å². The second kappa shape index (κ2) is 7.22. The molecule has 0 aromatic heterocycles. The van der Waals surface area contributed by atoms with E-state index in [0.717, 1.165) is 0 Å². The molecule has 3 nitrogen and oxygen atoms in total. The fourth-order valence-corrected chi connectivity index (χ4v) is 3.05. The monoisotopic (exact) mass is 442 g/mol. The van der Waals surface area contributed by atoms with Gasteiger partial charge in [0.15, 0.2) is 0 Å². The second-order valence-electron chi connectivity index (χ2n) is 4.27. The number of hydrogen-bond acceptors (Lipinski definition) is 1. The van der Waals surface area contributed by atoms with E-state index in [1.165, 1.54) is 6.08 Å². The topological polar surface area (TPSA) is 55.1 Å². The zero-order chi connectivity index (χ0) is 15.5. The highest BCUT2D eigenvalue weighted by Gasteiger charge is 2.34. The van der Waals surface area contributed by atoms with Gasteiger partial charge in [-0.3, -0.25) is 0 Å². The molecule has 0 bridgehead atoms. The molecule has 0 aliphatic heterocycles. The van der Waals surface area contributed by atoms with E-state index < -0.39 is 30.0 Å². The van der Waals surface area contributed by atoms with Crippen molar-refractivity contribution in [3.8, 4) is 0 Å². The SMILES string of the molecule is NC(=O)NC(CI)C1=C(CC(F)(F)F)CC(Cl)C(Cl)=C1. The van der Waals surface area contributed by atoms with E-state index in [1.54, 1.807) is 0 Å². The molecule has 9 heteroatoms. The van der Waals surface area contributed by atoms with Crippen LogP contribution in [0.4, 0.5) is 18.0 Å². The molecule has 2 unspecified atom stereocenters. The molecule has 0 heterocycles. The predicted octanol–water partition coefficient (Wildman–Crippen LogP) is 3.84. The highest BCUT2D eigenvalue weighted by atomic mass is 127. The van der Waals surface area contributed by atoms with Gasteiger partial charge in [-0.15, -0.1) is 11.6 Å². The summed E-state index contributed by atoms with van der Waals surface area (Å²) in [4.78, 5) is 10.9. The molecular formula is C11H12Cl2F3IN2O. The first kappa shape index (κ1) is 17.9. The molecule has 0 aromatic carbocycles. The van der Waals surface area contributed by atoms with Crippen LogP contribution in [0.3, 0.4) is 0 Å². The van der Waals surface area contributed by atoms with Crippen LogP contribution in [0.5, 0.6) is 0 Å². The summed E-state index contributed by atoms with van der Waals surface area (Å²) < 4.78 is 38.2. The maximum atomic E-state index is 12.6. The molecule has 0 saturated carbocycles. The Labute approximate surface area is 137 Å². The molecular weight excluding hydrogens is 431 g/mol. The minimum absolute atomic E-state index is 0.000680. The Morgan fingerprint density at radius 3 is 2.65 bits per heavy atom. The zero-order valence-corrected chi connectivity index (χ0v) is 13.8. The fraction of sp³-hybridized carbons (Fsp3) is 0.545. The maximum Gasteiger partial charge on any atom is 0.392 e. The van der Waals surface area contributed by atoms with Crippen molar-refractivity contribution in [3.05, 3.63) is 22.3 Å². The zero-order valence-electron chi connectivity index (χ0n) is 10.1. The van der Waals surface area contributed by atoms with Crippen LogP contribution in [0, 0.1) is 0 Å². The van der Waals surface area contributed by atoms with Crippen LogP contribution in [0.2, 0.25) is 0 Å². The highest BCUT2D eigenvalue weighted by Crippen LogP contribution is 2.37. The molecule has 3 N–H and O–H groups in total. The van der Waals surface area contributed by atoms with Crippen LogP contribution in [0.25, 0.3) is 0 Å². The van der Waals surface area contributed by atoms with Gasteiger partial charge in [-0.1, -0.05) is 39.8 Å². The van der Waals surface area contributed by atoms with Gasteiger partial charge in [0, 0.05) is 9.46 Å². The van der Waals surface area contributed by atoms with Crippen LogP contribution in [-0.2, 0) is 0 Å². The number of hydrogen-bond donors (Lipinski definition) is 2. The largest absolute Gasteiger partial charge is 0.392 e. The lowest BCUT2D eigenvalue weighted by atomic mass is 9.90. The smallest absolute Gasteiger partial charge is 0.352 e. The van der Waals surface area contributed by atoms with Gasteiger partial charge in [0.05, 0.1) is 17.8 Å². The molecule has 1 aliphatic carbocycles. The van der Waals surface area contributed by atoms with E-state index >= 15 is 0 Å². The number of carbonyl (C=O) groups excluding carboxylic acids is 1. The Kier molecular flexibility index (Phi) is 6.46. The van der Waals surface area contributed by atoms with Crippen molar-refractivity contribution >= 4 is 51.8 Å². The second-order valence-corrected chi connectivity index (χ2v) is 6.11. The van der Waals surface area contributed by atoms with Gasteiger partial charge in [-0.2, -0.15) is 13.2 Å². The summed E-state index contributed by atoms with van der Waals surface area (Å²) in [5.74, 6) is 0. The highest BCUT2D eigenvalue weighted by molar-refractivity contribution is 14.1.